The quantitative estimate of drug-likeness (QED) is 0.293. The molecule has 5 rings (SSSR count). The molecule has 0 radical (unpaired) electrons. The summed E-state index contributed by atoms with van der Waals surface area (Å²) in [6, 6.07) is 12.5. The number of anilines is 1. The van der Waals surface area contributed by atoms with Gasteiger partial charge < -0.3 is 10.1 Å². The molecule has 2 fully saturated rings. The van der Waals surface area contributed by atoms with Crippen molar-refractivity contribution in [2.45, 2.75) is 18.2 Å². The maximum atomic E-state index is 13.3. The molecule has 0 spiro atoms. The summed E-state index contributed by atoms with van der Waals surface area (Å²) >= 11 is 0. The van der Waals surface area contributed by atoms with E-state index in [0.717, 1.165) is 17.7 Å². The van der Waals surface area contributed by atoms with Gasteiger partial charge in [-0.25, -0.2) is 0 Å². The lowest BCUT2D eigenvalue weighted by Crippen LogP contribution is -2.45. The molecule has 1 N–H and O–H groups in total. The van der Waals surface area contributed by atoms with Crippen LogP contribution in [0.15, 0.2) is 60.7 Å². The van der Waals surface area contributed by atoms with Gasteiger partial charge in [0.2, 0.25) is 11.8 Å². The Morgan fingerprint density at radius 3 is 2.48 bits per heavy atom. The Morgan fingerprint density at radius 2 is 1.79 bits per heavy atom. The molecule has 3 heterocycles. The third-order valence-corrected chi connectivity index (χ3v) is 6.37. The summed E-state index contributed by atoms with van der Waals surface area (Å²) in [4.78, 5) is 48.6. The van der Waals surface area contributed by atoms with Crippen LogP contribution in [0, 0.1) is 32.1 Å². The first-order valence-electron chi connectivity index (χ1n) is 10.2. The summed E-state index contributed by atoms with van der Waals surface area (Å²) in [6.45, 7) is 0.146. The van der Waals surface area contributed by atoms with Gasteiger partial charge in [0, 0.05) is 12.6 Å². The number of hydrogen-bond acceptors (Lipinski definition) is 8. The summed E-state index contributed by atoms with van der Waals surface area (Å²) < 4.78 is 6.03. The minimum Gasteiger partial charge on any atom is -0.376 e. The summed E-state index contributed by atoms with van der Waals surface area (Å²) in [5, 5.41) is 25.3. The van der Waals surface area contributed by atoms with E-state index in [1.165, 1.54) is 11.0 Å². The van der Waals surface area contributed by atoms with Crippen LogP contribution in [0.3, 0.4) is 0 Å². The van der Waals surface area contributed by atoms with E-state index in [0.29, 0.717) is 0 Å². The van der Waals surface area contributed by atoms with Crippen molar-refractivity contribution in [3.05, 3.63) is 86.5 Å². The molecule has 3 aliphatic heterocycles. The van der Waals surface area contributed by atoms with Gasteiger partial charge in [0.05, 0.1) is 40.4 Å². The number of carbonyl (C=O) groups is 2. The lowest BCUT2D eigenvalue weighted by Gasteiger charge is -2.29. The summed E-state index contributed by atoms with van der Waals surface area (Å²) in [5.41, 5.74) is -1.14. The van der Waals surface area contributed by atoms with Gasteiger partial charge in [0.1, 0.15) is 11.3 Å². The Bertz CT molecular complexity index is 1210. The van der Waals surface area contributed by atoms with E-state index >= 15 is 0 Å². The van der Waals surface area contributed by atoms with Gasteiger partial charge in [-0.15, -0.1) is 0 Å². The second-order valence-electron chi connectivity index (χ2n) is 8.22. The summed E-state index contributed by atoms with van der Waals surface area (Å²) in [7, 11) is 0. The minimum absolute atomic E-state index is 0.0159. The molecule has 3 aliphatic rings. The fourth-order valence-corrected chi connectivity index (χ4v) is 4.86. The second kappa shape index (κ2) is 7.48. The Kier molecular flexibility index (Phi) is 4.71. The lowest BCUT2D eigenvalue weighted by molar-refractivity contribution is -0.393. The smallest absolute Gasteiger partial charge is 0.299 e. The number of benzene rings is 2. The van der Waals surface area contributed by atoms with Crippen molar-refractivity contribution in [1.82, 2.24) is 4.90 Å². The highest BCUT2D eigenvalue weighted by molar-refractivity contribution is 6.07. The number of hydrogen-bond donors (Lipinski definition) is 1. The van der Waals surface area contributed by atoms with E-state index in [1.54, 1.807) is 12.2 Å². The fourth-order valence-electron chi connectivity index (χ4n) is 4.86. The predicted octanol–water partition coefficient (Wildman–Crippen LogP) is 2.42. The molecule has 2 amide bonds. The van der Waals surface area contributed by atoms with E-state index in [-0.39, 0.29) is 30.6 Å². The number of non-ortho nitro benzene ring substituents is 1. The zero-order valence-corrected chi connectivity index (χ0v) is 17.1. The average molecular weight is 450 g/mol. The highest BCUT2D eigenvalue weighted by Crippen LogP contribution is 2.52. The molecule has 0 aliphatic carbocycles. The van der Waals surface area contributed by atoms with Crippen LogP contribution in [0.25, 0.3) is 0 Å². The van der Waals surface area contributed by atoms with Gasteiger partial charge >= 0.3 is 0 Å². The number of amides is 2. The number of nitro groups is 2. The first kappa shape index (κ1) is 20.8. The number of nitro benzene ring substituents is 2. The van der Waals surface area contributed by atoms with Crippen molar-refractivity contribution in [2.24, 2.45) is 11.8 Å². The van der Waals surface area contributed by atoms with E-state index in [4.69, 9.17) is 4.74 Å². The van der Waals surface area contributed by atoms with Crippen molar-refractivity contribution >= 4 is 28.9 Å². The van der Waals surface area contributed by atoms with Gasteiger partial charge in [-0.1, -0.05) is 42.5 Å². The molecule has 2 bridgehead atoms. The van der Waals surface area contributed by atoms with Crippen LogP contribution in [0.2, 0.25) is 0 Å². The van der Waals surface area contributed by atoms with Crippen LogP contribution in [0.1, 0.15) is 5.56 Å². The molecule has 0 saturated carbocycles. The molecule has 11 nitrogen and oxygen atoms in total. The molecule has 0 unspecified atom stereocenters. The van der Waals surface area contributed by atoms with Crippen LogP contribution < -0.4 is 5.32 Å². The Morgan fingerprint density at radius 1 is 1.03 bits per heavy atom. The fraction of sp³-hybridized carbons (Fsp3) is 0.273. The Balaban J connectivity index is 1.39. The molecular formula is C22H18N4O7. The summed E-state index contributed by atoms with van der Waals surface area (Å²) in [6.07, 6.45) is 2.91. The number of ether oxygens (including phenoxy) is 1. The number of carbonyl (C=O) groups excluding carboxylic acids is 2. The highest BCUT2D eigenvalue weighted by atomic mass is 16.6. The number of nitrogens with zero attached hydrogens (tertiary/aromatic N) is 3. The maximum absolute atomic E-state index is 13.3. The predicted molar refractivity (Wildman–Crippen MR) is 114 cm³/mol. The Labute approximate surface area is 186 Å². The number of nitrogens with one attached hydrogen (secondary N) is 1. The van der Waals surface area contributed by atoms with E-state index in [2.05, 4.69) is 5.32 Å². The van der Waals surface area contributed by atoms with E-state index in [1.807, 2.05) is 30.3 Å². The van der Waals surface area contributed by atoms with Crippen LogP contribution in [-0.4, -0.2) is 44.8 Å². The van der Waals surface area contributed by atoms with E-state index in [9.17, 15) is 29.8 Å². The van der Waals surface area contributed by atoms with Gasteiger partial charge in [0.15, 0.2) is 0 Å². The highest BCUT2D eigenvalue weighted by Gasteiger charge is 2.67. The zero-order chi connectivity index (χ0) is 23.3. The molecule has 4 atom stereocenters. The Hall–Kier alpha value is -4.12. The van der Waals surface area contributed by atoms with Gasteiger partial charge in [0.25, 0.3) is 11.4 Å². The van der Waals surface area contributed by atoms with Crippen LogP contribution in [-0.2, 0) is 20.9 Å². The van der Waals surface area contributed by atoms with Crippen molar-refractivity contribution in [3.8, 4) is 0 Å². The van der Waals surface area contributed by atoms with Crippen LogP contribution in [0.4, 0.5) is 17.1 Å². The second-order valence-corrected chi connectivity index (χ2v) is 8.22. The summed E-state index contributed by atoms with van der Waals surface area (Å²) in [5.74, 6) is -2.06. The van der Waals surface area contributed by atoms with Crippen molar-refractivity contribution in [3.63, 3.8) is 0 Å². The van der Waals surface area contributed by atoms with E-state index < -0.39 is 44.8 Å². The number of likely N-dealkylation sites (tertiary alicyclic amines) is 1. The monoisotopic (exact) mass is 450 g/mol. The molecule has 33 heavy (non-hydrogen) atoms. The topological polar surface area (TPSA) is 145 Å². The van der Waals surface area contributed by atoms with Gasteiger partial charge in [-0.2, -0.15) is 0 Å². The zero-order valence-electron chi connectivity index (χ0n) is 17.1. The molecule has 168 valence electrons. The number of fused-ring (bicyclic) bond motifs is 5. The van der Waals surface area contributed by atoms with Gasteiger partial charge in [-0.05, 0) is 11.6 Å². The van der Waals surface area contributed by atoms with Crippen molar-refractivity contribution in [2.75, 3.05) is 11.9 Å². The lowest BCUT2D eigenvalue weighted by atomic mass is 9.77. The molecule has 0 aromatic heterocycles. The number of imide groups is 1. The SMILES string of the molecule is O=C1[C@H]2[C@@H]3C=C[C@](CNc4ccc([N+](=O)[O-])cc4[N+](=O)[O-])(O3)[C@@H]2C(=O)N1Cc1ccccc1. The normalized spacial score (nSPS) is 27.2. The van der Waals surface area contributed by atoms with Crippen molar-refractivity contribution in [1.29, 1.82) is 0 Å². The average Bonchev–Trinajstić information content (AvgIpc) is 3.44. The van der Waals surface area contributed by atoms with Gasteiger partial charge in [-0.3, -0.25) is 34.7 Å². The van der Waals surface area contributed by atoms with Crippen LogP contribution in [0.5, 0.6) is 0 Å². The third-order valence-electron chi connectivity index (χ3n) is 6.37. The van der Waals surface area contributed by atoms with Crippen molar-refractivity contribution < 1.29 is 24.2 Å². The molecule has 2 aromatic carbocycles. The largest absolute Gasteiger partial charge is 0.376 e. The standard InChI is InChI=1S/C22H18N4O7/c27-20-18-17-8-9-22(33-17,19(18)21(28)24(20)11-13-4-2-1-3-5-13)12-23-15-7-6-14(25(29)30)10-16(15)26(31)32/h1-10,17-19,23H,11-12H2/t17-,18-,19-,22+/m0/s1. The molecule has 11 heteroatoms. The molecular weight excluding hydrogens is 432 g/mol. The molecule has 2 saturated heterocycles. The minimum atomic E-state index is -1.15. The third kappa shape index (κ3) is 3.24. The first-order chi connectivity index (χ1) is 15.8. The van der Waals surface area contributed by atoms with Crippen LogP contribution >= 0.6 is 0 Å². The number of rotatable bonds is 7. The first-order valence-corrected chi connectivity index (χ1v) is 10.2. The maximum Gasteiger partial charge on any atom is 0.299 e. The molecule has 2 aromatic rings.